The molecule has 2 aromatic carbocycles. The summed E-state index contributed by atoms with van der Waals surface area (Å²) >= 11 is 0. The van der Waals surface area contributed by atoms with E-state index in [0.717, 1.165) is 30.9 Å². The lowest BCUT2D eigenvalue weighted by Gasteiger charge is -2.39. The van der Waals surface area contributed by atoms with E-state index in [1.54, 1.807) is 24.5 Å². The number of nitrogens with one attached hydrogen (secondary N) is 1. The van der Waals surface area contributed by atoms with Gasteiger partial charge in [0, 0.05) is 26.2 Å². The van der Waals surface area contributed by atoms with E-state index in [9.17, 15) is 18.4 Å². The smallest absolute Gasteiger partial charge is 0.265 e. The zero-order valence-electron chi connectivity index (χ0n) is 23.1. The Labute approximate surface area is 237 Å². The number of hydrogen-bond donors (Lipinski definition) is 2. The van der Waals surface area contributed by atoms with E-state index in [-0.39, 0.29) is 24.3 Å². The highest BCUT2D eigenvalue weighted by atomic mass is 32.2. The molecular formula is C30H39N3O6S. The molecule has 1 amide bonds. The number of carbonyl (C=O) groups excluding carboxylic acids is 1. The lowest BCUT2D eigenvalue weighted by molar-refractivity contribution is -0.133. The standard InChI is InChI=1S/C30H39N3O6S/c1-2-3-22-38-27-11-13-28(14-12-27)40(36,37)30(29(34)31-35)15-19-33(20-16-30)24-25-7-9-26(10-8-25)39-23-21-32-17-5-4-6-18-32/h7-14,35H,4-6,15-24H2,1H3,(H,31,34). The van der Waals surface area contributed by atoms with Crippen molar-refractivity contribution in [2.75, 3.05) is 45.9 Å². The van der Waals surface area contributed by atoms with Crippen LogP contribution in [0.5, 0.6) is 11.5 Å². The number of ether oxygens (including phenoxy) is 2. The molecule has 9 nitrogen and oxygen atoms in total. The third-order valence-corrected chi connectivity index (χ3v) is 10.3. The quantitative estimate of drug-likeness (QED) is 0.241. The van der Waals surface area contributed by atoms with Gasteiger partial charge in [0.15, 0.2) is 14.6 Å². The van der Waals surface area contributed by atoms with E-state index in [2.05, 4.69) is 21.6 Å². The van der Waals surface area contributed by atoms with Gasteiger partial charge in [-0.15, -0.1) is 5.92 Å². The number of carbonyl (C=O) groups is 1. The number of amides is 1. The number of hydroxylamine groups is 1. The third-order valence-electron chi connectivity index (χ3n) is 7.77. The molecule has 2 aliphatic rings. The highest BCUT2D eigenvalue weighted by Gasteiger charge is 2.52. The Morgan fingerprint density at radius 3 is 2.17 bits per heavy atom. The number of sulfone groups is 1. The first kappa shape index (κ1) is 29.9. The van der Waals surface area contributed by atoms with Crippen LogP contribution in [0.15, 0.2) is 53.4 Å². The molecule has 2 heterocycles. The van der Waals surface area contributed by atoms with Crippen LogP contribution in [0.1, 0.15) is 44.6 Å². The maximum absolute atomic E-state index is 13.7. The molecule has 0 bridgehead atoms. The monoisotopic (exact) mass is 569 g/mol. The summed E-state index contributed by atoms with van der Waals surface area (Å²) in [5.41, 5.74) is 2.69. The van der Waals surface area contributed by atoms with Gasteiger partial charge in [0.25, 0.3) is 5.91 Å². The summed E-state index contributed by atoms with van der Waals surface area (Å²) in [6.07, 6.45) is 3.97. The second-order valence-corrected chi connectivity index (χ2v) is 12.6. The number of hydrogen-bond acceptors (Lipinski definition) is 8. The summed E-state index contributed by atoms with van der Waals surface area (Å²) in [5, 5.41) is 9.46. The molecule has 216 valence electrons. The van der Waals surface area contributed by atoms with E-state index in [1.807, 2.05) is 24.3 Å². The maximum atomic E-state index is 13.7. The average Bonchev–Trinajstić information content (AvgIpc) is 2.99. The molecular weight excluding hydrogens is 530 g/mol. The van der Waals surface area contributed by atoms with Gasteiger partial charge in [-0.25, -0.2) is 13.9 Å². The zero-order valence-corrected chi connectivity index (χ0v) is 23.9. The molecule has 2 N–H and O–H groups in total. The Balaban J connectivity index is 1.34. The van der Waals surface area contributed by atoms with Crippen LogP contribution in [0, 0.1) is 11.8 Å². The van der Waals surface area contributed by atoms with E-state index < -0.39 is 20.5 Å². The van der Waals surface area contributed by atoms with Crippen LogP contribution < -0.4 is 15.0 Å². The van der Waals surface area contributed by atoms with Gasteiger partial charge in [-0.2, -0.15) is 0 Å². The minimum atomic E-state index is -4.10. The van der Waals surface area contributed by atoms with E-state index in [0.29, 0.717) is 32.0 Å². The molecule has 40 heavy (non-hydrogen) atoms. The summed E-state index contributed by atoms with van der Waals surface area (Å²) in [7, 11) is -4.10. The Bertz CT molecular complexity index is 1270. The highest BCUT2D eigenvalue weighted by Crippen LogP contribution is 2.37. The SMILES string of the molecule is CC#CCOc1ccc(S(=O)(=O)C2(C(=O)NO)CCN(Cc3ccc(OCCN4CCCCC4)cc3)CC2)cc1. The summed E-state index contributed by atoms with van der Waals surface area (Å²) in [6, 6.07) is 13.9. The van der Waals surface area contributed by atoms with E-state index in [1.165, 1.54) is 31.4 Å². The Hall–Kier alpha value is -3.10. The number of benzene rings is 2. The molecule has 0 aliphatic carbocycles. The van der Waals surface area contributed by atoms with Crippen LogP contribution in [0.25, 0.3) is 0 Å². The zero-order chi connectivity index (χ0) is 28.4. The predicted octanol–water partition coefficient (Wildman–Crippen LogP) is 3.27. The molecule has 4 rings (SSSR count). The van der Waals surface area contributed by atoms with Crippen LogP contribution in [0.4, 0.5) is 0 Å². The maximum Gasteiger partial charge on any atom is 0.265 e. The second kappa shape index (κ2) is 14.0. The Kier molecular flexibility index (Phi) is 10.5. The van der Waals surface area contributed by atoms with Crippen molar-refractivity contribution < 1.29 is 27.9 Å². The minimum absolute atomic E-state index is 0.00866. The summed E-state index contributed by atoms with van der Waals surface area (Å²) in [6.45, 7) is 7.20. The normalized spacial score (nSPS) is 17.9. The number of likely N-dealkylation sites (tertiary alicyclic amines) is 2. The predicted molar refractivity (Wildman–Crippen MR) is 152 cm³/mol. The molecule has 2 fully saturated rings. The fourth-order valence-electron chi connectivity index (χ4n) is 5.35. The van der Waals surface area contributed by atoms with Crippen molar-refractivity contribution >= 4 is 15.7 Å². The van der Waals surface area contributed by atoms with E-state index >= 15 is 0 Å². The van der Waals surface area contributed by atoms with Gasteiger partial charge >= 0.3 is 0 Å². The van der Waals surface area contributed by atoms with E-state index in [4.69, 9.17) is 9.47 Å². The number of rotatable bonds is 11. The van der Waals surface area contributed by atoms with Crippen LogP contribution in [-0.4, -0.2) is 80.0 Å². The summed E-state index contributed by atoms with van der Waals surface area (Å²) in [4.78, 5) is 17.4. The average molecular weight is 570 g/mol. The van der Waals surface area contributed by atoms with Crippen molar-refractivity contribution in [3.05, 3.63) is 54.1 Å². The van der Waals surface area contributed by atoms with Gasteiger partial charge in [0.05, 0.1) is 4.90 Å². The molecule has 0 saturated carbocycles. The Morgan fingerprint density at radius 1 is 0.925 bits per heavy atom. The molecule has 0 aromatic heterocycles. The summed E-state index contributed by atoms with van der Waals surface area (Å²) < 4.78 is 37.0. The molecule has 10 heteroatoms. The molecule has 2 aliphatic heterocycles. The van der Waals surface area contributed by atoms with Crippen LogP contribution >= 0.6 is 0 Å². The van der Waals surface area contributed by atoms with Crippen LogP contribution in [0.3, 0.4) is 0 Å². The first-order valence-corrected chi connectivity index (χ1v) is 15.3. The lowest BCUT2D eigenvalue weighted by Crippen LogP contribution is -2.57. The molecule has 2 aromatic rings. The fraction of sp³-hybridized carbons (Fsp3) is 0.500. The second-order valence-electron chi connectivity index (χ2n) is 10.3. The number of piperidine rings is 2. The van der Waals surface area contributed by atoms with Gasteiger partial charge in [-0.05, 0) is 87.7 Å². The van der Waals surface area contributed by atoms with Crippen LogP contribution in [-0.2, 0) is 21.2 Å². The first-order chi connectivity index (χ1) is 19.4. The first-order valence-electron chi connectivity index (χ1n) is 13.9. The van der Waals surface area contributed by atoms with Crippen molar-refractivity contribution in [1.82, 2.24) is 15.3 Å². The van der Waals surface area contributed by atoms with Crippen molar-refractivity contribution in [3.8, 4) is 23.3 Å². The molecule has 2 saturated heterocycles. The van der Waals surface area contributed by atoms with Gasteiger partial charge in [-0.3, -0.25) is 19.8 Å². The van der Waals surface area contributed by atoms with Gasteiger partial charge in [-0.1, -0.05) is 24.5 Å². The molecule has 0 unspecified atom stereocenters. The van der Waals surface area contributed by atoms with Gasteiger partial charge in [0.2, 0.25) is 0 Å². The minimum Gasteiger partial charge on any atom is -0.492 e. The topological polar surface area (TPSA) is 108 Å². The van der Waals surface area contributed by atoms with Gasteiger partial charge < -0.3 is 9.47 Å². The highest BCUT2D eigenvalue weighted by molar-refractivity contribution is 7.93. The van der Waals surface area contributed by atoms with Crippen molar-refractivity contribution in [2.24, 2.45) is 0 Å². The third kappa shape index (κ3) is 7.15. The summed E-state index contributed by atoms with van der Waals surface area (Å²) in [5.74, 6) is 5.92. The van der Waals surface area contributed by atoms with Crippen molar-refractivity contribution in [3.63, 3.8) is 0 Å². The fourth-order valence-corrected chi connectivity index (χ4v) is 7.30. The van der Waals surface area contributed by atoms with Crippen molar-refractivity contribution in [2.45, 2.75) is 55.2 Å². The molecule has 0 radical (unpaired) electrons. The van der Waals surface area contributed by atoms with Gasteiger partial charge in [0.1, 0.15) is 24.7 Å². The lowest BCUT2D eigenvalue weighted by atomic mass is 9.94. The number of nitrogens with zero attached hydrogens (tertiary/aromatic N) is 2. The molecule has 0 atom stereocenters. The Morgan fingerprint density at radius 2 is 1.55 bits per heavy atom. The van der Waals surface area contributed by atoms with Crippen molar-refractivity contribution in [1.29, 1.82) is 0 Å². The largest absolute Gasteiger partial charge is 0.492 e. The molecule has 0 spiro atoms. The van der Waals surface area contributed by atoms with Crippen LogP contribution in [0.2, 0.25) is 0 Å².